The van der Waals surface area contributed by atoms with E-state index in [0.717, 1.165) is 29.0 Å². The van der Waals surface area contributed by atoms with Gasteiger partial charge in [0.15, 0.2) is 5.17 Å². The highest BCUT2D eigenvalue weighted by molar-refractivity contribution is 6.69. The van der Waals surface area contributed by atoms with Crippen LogP contribution in [0.25, 0.3) is 0 Å². The van der Waals surface area contributed by atoms with E-state index in [0.29, 0.717) is 17.4 Å². The molecule has 0 aliphatic heterocycles. The van der Waals surface area contributed by atoms with Gasteiger partial charge >= 0.3 is 6.18 Å². The quantitative estimate of drug-likeness (QED) is 0.665. The minimum atomic E-state index is -4.33. The fraction of sp³-hybridized carbons (Fsp3) is 0.235. The number of hydrogen-bond acceptors (Lipinski definition) is 1. The van der Waals surface area contributed by atoms with Crippen molar-refractivity contribution in [1.29, 1.82) is 0 Å². The summed E-state index contributed by atoms with van der Waals surface area (Å²) in [6, 6.07) is 6.97. The first-order valence-corrected chi connectivity index (χ1v) is 7.28. The van der Waals surface area contributed by atoms with Crippen LogP contribution >= 0.6 is 11.6 Å². The number of hydrogen-bond donors (Lipinski definition) is 0. The van der Waals surface area contributed by atoms with Crippen molar-refractivity contribution >= 4 is 16.8 Å². The molecule has 0 atom stereocenters. The maximum absolute atomic E-state index is 12.6. The van der Waals surface area contributed by atoms with E-state index in [4.69, 9.17) is 11.6 Å². The molecule has 23 heavy (non-hydrogen) atoms. The average Bonchev–Trinajstić information content (AvgIpc) is 2.78. The summed E-state index contributed by atoms with van der Waals surface area (Å²) >= 11 is 6.22. The van der Waals surface area contributed by atoms with Crippen LogP contribution in [0, 0.1) is 6.92 Å². The van der Waals surface area contributed by atoms with Crippen molar-refractivity contribution in [2.45, 2.75) is 26.6 Å². The molecule has 6 heteroatoms. The predicted molar refractivity (Wildman–Crippen MR) is 86.9 cm³/mol. The van der Waals surface area contributed by atoms with Gasteiger partial charge in [-0.3, -0.25) is 0 Å². The maximum atomic E-state index is 12.6. The van der Waals surface area contributed by atoms with Crippen LogP contribution in [0.3, 0.4) is 0 Å². The Morgan fingerprint density at radius 2 is 1.83 bits per heavy atom. The summed E-state index contributed by atoms with van der Waals surface area (Å²) in [7, 11) is 0. The van der Waals surface area contributed by atoms with E-state index in [1.54, 1.807) is 6.92 Å². The molecule has 0 radical (unpaired) electrons. The van der Waals surface area contributed by atoms with Gasteiger partial charge in [0.1, 0.15) is 0 Å². The fourth-order valence-corrected chi connectivity index (χ4v) is 2.61. The van der Waals surface area contributed by atoms with E-state index in [-0.39, 0.29) is 0 Å². The third-order valence-electron chi connectivity index (χ3n) is 3.28. The lowest BCUT2D eigenvalue weighted by Gasteiger charge is -2.11. The standard InChI is InChI=1S/C17H16ClF3N2/c1-11(2)22-16(18)15-12(3)8-9-23(15)10-13-4-6-14(7-5-13)17(19,20)21/h4-9H,1,10H2,2-3H3. The smallest absolute Gasteiger partial charge is 0.341 e. The van der Waals surface area contributed by atoms with E-state index in [9.17, 15) is 13.2 Å². The van der Waals surface area contributed by atoms with Crippen molar-refractivity contribution < 1.29 is 13.2 Å². The van der Waals surface area contributed by atoms with Crippen LogP contribution in [0.2, 0.25) is 0 Å². The summed E-state index contributed by atoms with van der Waals surface area (Å²) in [6.07, 6.45) is -2.50. The minimum absolute atomic E-state index is 0.312. The second-order valence-electron chi connectivity index (χ2n) is 5.31. The van der Waals surface area contributed by atoms with Crippen molar-refractivity contribution in [2.75, 3.05) is 0 Å². The second kappa shape index (κ2) is 6.62. The number of aromatic nitrogens is 1. The molecule has 0 aliphatic rings. The molecule has 2 nitrogen and oxygen atoms in total. The van der Waals surface area contributed by atoms with Gasteiger partial charge < -0.3 is 4.57 Å². The molecule has 2 aromatic rings. The molecule has 0 unspecified atom stereocenters. The molecule has 0 bridgehead atoms. The average molecular weight is 341 g/mol. The van der Waals surface area contributed by atoms with Gasteiger partial charge in [0.05, 0.1) is 11.3 Å². The highest BCUT2D eigenvalue weighted by Gasteiger charge is 2.29. The van der Waals surface area contributed by atoms with E-state index in [1.165, 1.54) is 12.1 Å². The summed E-state index contributed by atoms with van der Waals surface area (Å²) in [5.74, 6) is 0. The van der Waals surface area contributed by atoms with Crippen LogP contribution < -0.4 is 0 Å². The van der Waals surface area contributed by atoms with Crippen LogP contribution in [0.1, 0.15) is 29.3 Å². The number of allylic oxidation sites excluding steroid dienone is 1. The molecule has 1 aromatic heterocycles. The zero-order valence-electron chi connectivity index (χ0n) is 12.8. The van der Waals surface area contributed by atoms with Crippen LogP contribution in [0.5, 0.6) is 0 Å². The molecule has 2 rings (SSSR count). The Hall–Kier alpha value is -2.01. The molecule has 0 fully saturated rings. The number of aryl methyl sites for hydroxylation is 1. The summed E-state index contributed by atoms with van der Waals surface area (Å²) < 4.78 is 39.6. The molecular weight excluding hydrogens is 325 g/mol. The van der Waals surface area contributed by atoms with Gasteiger partial charge in [0.25, 0.3) is 0 Å². The monoisotopic (exact) mass is 340 g/mol. The zero-order chi connectivity index (χ0) is 17.2. The first-order valence-electron chi connectivity index (χ1n) is 6.90. The normalized spacial score (nSPS) is 12.5. The summed E-state index contributed by atoms with van der Waals surface area (Å²) in [4.78, 5) is 4.15. The fourth-order valence-electron chi connectivity index (χ4n) is 2.21. The Bertz CT molecular complexity index is 740. The Morgan fingerprint density at radius 3 is 2.35 bits per heavy atom. The van der Waals surface area contributed by atoms with Gasteiger partial charge in [0.2, 0.25) is 0 Å². The van der Waals surface area contributed by atoms with Crippen LogP contribution in [-0.4, -0.2) is 9.74 Å². The topological polar surface area (TPSA) is 17.3 Å². The Morgan fingerprint density at radius 1 is 1.22 bits per heavy atom. The molecule has 0 aliphatic carbocycles. The molecule has 122 valence electrons. The number of rotatable bonds is 4. The van der Waals surface area contributed by atoms with E-state index < -0.39 is 11.7 Å². The lowest BCUT2D eigenvalue weighted by Crippen LogP contribution is -2.09. The highest BCUT2D eigenvalue weighted by atomic mass is 35.5. The first-order chi connectivity index (χ1) is 10.7. The SMILES string of the molecule is C=C(C)N=C(Cl)c1c(C)ccn1Cc1ccc(C(F)(F)F)cc1. The van der Waals surface area contributed by atoms with Gasteiger partial charge in [-0.2, -0.15) is 13.2 Å². The Labute approximate surface area is 137 Å². The van der Waals surface area contributed by atoms with Crippen molar-refractivity contribution in [3.8, 4) is 0 Å². The van der Waals surface area contributed by atoms with Gasteiger partial charge in [-0.25, -0.2) is 4.99 Å². The van der Waals surface area contributed by atoms with Gasteiger partial charge in [-0.05, 0) is 43.2 Å². The summed E-state index contributed by atoms with van der Waals surface area (Å²) in [5, 5.41) is 0.312. The molecule has 0 spiro atoms. The third kappa shape index (κ3) is 4.26. The van der Waals surface area contributed by atoms with Crippen molar-refractivity contribution in [3.05, 3.63) is 71.2 Å². The van der Waals surface area contributed by atoms with Crippen LogP contribution in [-0.2, 0) is 12.7 Å². The number of nitrogens with zero attached hydrogens (tertiary/aromatic N) is 2. The largest absolute Gasteiger partial charge is 0.416 e. The van der Waals surface area contributed by atoms with Gasteiger partial charge in [0, 0.05) is 18.4 Å². The number of benzene rings is 1. The van der Waals surface area contributed by atoms with Gasteiger partial charge in [-0.15, -0.1) is 0 Å². The van der Waals surface area contributed by atoms with E-state index in [2.05, 4.69) is 11.6 Å². The molecule has 0 saturated carbocycles. The van der Waals surface area contributed by atoms with Crippen molar-refractivity contribution in [3.63, 3.8) is 0 Å². The van der Waals surface area contributed by atoms with Crippen molar-refractivity contribution in [2.24, 2.45) is 4.99 Å². The zero-order valence-corrected chi connectivity index (χ0v) is 13.5. The van der Waals surface area contributed by atoms with Crippen LogP contribution in [0.15, 0.2) is 53.8 Å². The van der Waals surface area contributed by atoms with Crippen LogP contribution in [0.4, 0.5) is 13.2 Å². The molecule has 1 heterocycles. The molecule has 0 saturated heterocycles. The van der Waals surface area contributed by atoms with E-state index >= 15 is 0 Å². The summed E-state index contributed by atoms with van der Waals surface area (Å²) in [5.41, 5.74) is 2.33. The maximum Gasteiger partial charge on any atom is 0.416 e. The minimum Gasteiger partial charge on any atom is -0.341 e. The highest BCUT2D eigenvalue weighted by Crippen LogP contribution is 2.29. The van der Waals surface area contributed by atoms with Crippen molar-refractivity contribution in [1.82, 2.24) is 4.57 Å². The molecule has 1 aromatic carbocycles. The number of aliphatic imine (C=N–C) groups is 1. The molecular formula is C17H16ClF3N2. The first kappa shape index (κ1) is 17.3. The lowest BCUT2D eigenvalue weighted by molar-refractivity contribution is -0.137. The molecule has 0 N–H and O–H groups in total. The second-order valence-corrected chi connectivity index (χ2v) is 5.67. The Balaban J connectivity index is 2.30. The lowest BCUT2D eigenvalue weighted by atomic mass is 10.1. The predicted octanol–water partition coefficient (Wildman–Crippen LogP) is 5.38. The number of halogens is 4. The summed E-state index contributed by atoms with van der Waals surface area (Å²) in [6.45, 7) is 7.73. The van der Waals surface area contributed by atoms with E-state index in [1.807, 2.05) is 23.8 Å². The molecule has 0 amide bonds. The number of alkyl halides is 3. The third-order valence-corrected chi connectivity index (χ3v) is 3.55. The Kier molecular flexibility index (Phi) is 5.00. The van der Waals surface area contributed by atoms with Gasteiger partial charge in [-0.1, -0.05) is 30.3 Å².